The molecule has 1 unspecified atom stereocenters. The SMILES string of the molecule is CC(C)(C)C(C)(C)OBc1cc2c3ccccc3c(C3CC(C)(C)C(C)(C)O3)cc2c2ccccc12. The van der Waals surface area contributed by atoms with Crippen molar-refractivity contribution >= 4 is 45.3 Å². The maximum Gasteiger partial charge on any atom is 0.309 e. The Labute approximate surface area is 217 Å². The van der Waals surface area contributed by atoms with Crippen molar-refractivity contribution in [3.05, 3.63) is 66.2 Å². The average molecular weight is 481 g/mol. The molecule has 4 aromatic rings. The lowest BCUT2D eigenvalue weighted by Crippen LogP contribution is -2.42. The number of hydrogen-bond acceptors (Lipinski definition) is 2. The van der Waals surface area contributed by atoms with Gasteiger partial charge in [0.2, 0.25) is 0 Å². The summed E-state index contributed by atoms with van der Waals surface area (Å²) in [6.45, 7) is 20.3. The molecule has 1 atom stereocenters. The second-order valence-electron chi connectivity index (χ2n) is 13.4. The zero-order chi connectivity index (χ0) is 26.1. The molecule has 0 aliphatic carbocycles. The zero-order valence-corrected chi connectivity index (χ0v) is 23.6. The Morgan fingerprint density at radius 2 is 1.28 bits per heavy atom. The van der Waals surface area contributed by atoms with Crippen LogP contribution in [0.1, 0.15) is 80.4 Å². The number of rotatable bonds is 4. The van der Waals surface area contributed by atoms with Gasteiger partial charge in [0.05, 0.1) is 17.3 Å². The van der Waals surface area contributed by atoms with Crippen molar-refractivity contribution in [2.75, 3.05) is 0 Å². The van der Waals surface area contributed by atoms with Crippen molar-refractivity contribution < 1.29 is 9.39 Å². The fourth-order valence-corrected chi connectivity index (χ4v) is 5.35. The summed E-state index contributed by atoms with van der Waals surface area (Å²) in [6, 6.07) is 22.4. The van der Waals surface area contributed by atoms with Gasteiger partial charge in [-0.2, -0.15) is 0 Å². The molecule has 0 radical (unpaired) electrons. The van der Waals surface area contributed by atoms with E-state index in [1.54, 1.807) is 0 Å². The largest absolute Gasteiger partial charge is 0.429 e. The molecule has 1 saturated heterocycles. The maximum atomic E-state index is 6.73. The molecule has 0 spiro atoms. The summed E-state index contributed by atoms with van der Waals surface area (Å²) in [7, 11) is 0.588. The number of fused-ring (bicyclic) bond motifs is 5. The van der Waals surface area contributed by atoms with Gasteiger partial charge >= 0.3 is 7.48 Å². The van der Waals surface area contributed by atoms with Crippen molar-refractivity contribution in [1.29, 1.82) is 0 Å². The van der Waals surface area contributed by atoms with Gasteiger partial charge in [0.1, 0.15) is 0 Å². The van der Waals surface area contributed by atoms with E-state index < -0.39 is 0 Å². The van der Waals surface area contributed by atoms with Gasteiger partial charge in [-0.3, -0.25) is 0 Å². The molecule has 36 heavy (non-hydrogen) atoms. The average Bonchev–Trinajstić information content (AvgIpc) is 3.02. The van der Waals surface area contributed by atoms with Gasteiger partial charge in [0.25, 0.3) is 0 Å². The maximum absolute atomic E-state index is 6.73. The number of ether oxygens (including phenoxy) is 1. The topological polar surface area (TPSA) is 18.5 Å². The second kappa shape index (κ2) is 8.33. The van der Waals surface area contributed by atoms with Crippen molar-refractivity contribution in [2.24, 2.45) is 10.8 Å². The Bertz CT molecular complexity index is 1440. The van der Waals surface area contributed by atoms with Gasteiger partial charge in [-0.25, -0.2) is 0 Å². The Morgan fingerprint density at radius 1 is 0.750 bits per heavy atom. The third kappa shape index (κ3) is 4.05. The van der Waals surface area contributed by atoms with Crippen LogP contribution in [0.3, 0.4) is 0 Å². The Morgan fingerprint density at radius 3 is 1.83 bits per heavy atom. The lowest BCUT2D eigenvalue weighted by Gasteiger charge is -2.39. The minimum absolute atomic E-state index is 0.0457. The molecular formula is C33H41BO2. The molecule has 0 N–H and O–H groups in total. The van der Waals surface area contributed by atoms with Crippen LogP contribution < -0.4 is 5.46 Å². The fraction of sp³-hybridized carbons (Fsp3) is 0.455. The van der Waals surface area contributed by atoms with Crippen LogP contribution in [0.4, 0.5) is 0 Å². The highest BCUT2D eigenvalue weighted by atomic mass is 16.5. The van der Waals surface area contributed by atoms with Crippen molar-refractivity contribution in [3.63, 3.8) is 0 Å². The molecule has 4 aromatic carbocycles. The standard InChI is InChI=1S/C33H41BO2/c1-30(2,3)32(6,7)36-34-28-19-26-21-14-10-11-15-22(21)27(29-20-31(4,5)33(8,9)35-29)18-25(26)23-16-12-13-17-24(23)28/h10-19,29,34H,20H2,1-9H3. The van der Waals surface area contributed by atoms with Gasteiger partial charge in [-0.05, 0) is 94.4 Å². The van der Waals surface area contributed by atoms with Crippen LogP contribution in [-0.2, 0) is 9.39 Å². The van der Waals surface area contributed by atoms with Crippen molar-refractivity contribution in [1.82, 2.24) is 0 Å². The van der Waals surface area contributed by atoms with E-state index >= 15 is 0 Å². The summed E-state index contributed by atoms with van der Waals surface area (Å²) in [5.74, 6) is 0. The normalized spacial score (nSPS) is 19.9. The molecule has 1 aliphatic rings. The molecule has 188 valence electrons. The molecule has 0 aromatic heterocycles. The summed E-state index contributed by atoms with van der Waals surface area (Å²) >= 11 is 0. The Kier molecular flexibility index (Phi) is 5.85. The molecule has 0 saturated carbocycles. The zero-order valence-electron chi connectivity index (χ0n) is 23.6. The van der Waals surface area contributed by atoms with Crippen LogP contribution >= 0.6 is 0 Å². The smallest absolute Gasteiger partial charge is 0.309 e. The quantitative estimate of drug-likeness (QED) is 0.216. The minimum atomic E-state index is -0.242. The lowest BCUT2D eigenvalue weighted by atomic mass is 9.74. The molecule has 1 heterocycles. The van der Waals surface area contributed by atoms with E-state index in [1.165, 1.54) is 43.3 Å². The van der Waals surface area contributed by atoms with Crippen LogP contribution in [0.5, 0.6) is 0 Å². The first-order chi connectivity index (χ1) is 16.7. The Hall–Kier alpha value is -2.36. The highest BCUT2D eigenvalue weighted by Crippen LogP contribution is 2.53. The minimum Gasteiger partial charge on any atom is -0.429 e. The van der Waals surface area contributed by atoms with Crippen molar-refractivity contribution in [3.8, 4) is 0 Å². The number of hydrogen-bond donors (Lipinski definition) is 0. The van der Waals surface area contributed by atoms with E-state index in [2.05, 4.69) is 123 Å². The molecule has 1 fully saturated rings. The fourth-order valence-electron chi connectivity index (χ4n) is 5.35. The second-order valence-corrected chi connectivity index (χ2v) is 13.4. The number of benzene rings is 4. The van der Waals surface area contributed by atoms with Gasteiger partial charge in [-0.1, -0.05) is 89.2 Å². The van der Waals surface area contributed by atoms with E-state index in [-0.39, 0.29) is 28.1 Å². The monoisotopic (exact) mass is 480 g/mol. The highest BCUT2D eigenvalue weighted by Gasteiger charge is 2.48. The predicted octanol–water partition coefficient (Wildman–Crippen LogP) is 8.23. The third-order valence-corrected chi connectivity index (χ3v) is 9.50. The van der Waals surface area contributed by atoms with E-state index in [9.17, 15) is 0 Å². The molecule has 2 nitrogen and oxygen atoms in total. The van der Waals surface area contributed by atoms with E-state index in [4.69, 9.17) is 9.39 Å². The van der Waals surface area contributed by atoms with Crippen LogP contribution in [0, 0.1) is 10.8 Å². The van der Waals surface area contributed by atoms with E-state index in [0.29, 0.717) is 7.48 Å². The predicted molar refractivity (Wildman–Crippen MR) is 157 cm³/mol. The molecular weight excluding hydrogens is 439 g/mol. The van der Waals surface area contributed by atoms with Crippen LogP contribution in [0.15, 0.2) is 60.7 Å². The summed E-state index contributed by atoms with van der Waals surface area (Å²) in [4.78, 5) is 0. The Balaban J connectivity index is 1.72. The molecule has 3 heteroatoms. The first-order valence-electron chi connectivity index (χ1n) is 13.4. The summed E-state index contributed by atoms with van der Waals surface area (Å²) in [5, 5.41) is 7.72. The summed E-state index contributed by atoms with van der Waals surface area (Å²) in [5.41, 5.74) is 2.29. The van der Waals surface area contributed by atoms with E-state index in [0.717, 1.165) is 6.42 Å². The summed E-state index contributed by atoms with van der Waals surface area (Å²) in [6.07, 6.45) is 1.10. The van der Waals surface area contributed by atoms with Gasteiger partial charge < -0.3 is 9.39 Å². The molecule has 0 amide bonds. The molecule has 1 aliphatic heterocycles. The van der Waals surface area contributed by atoms with Crippen LogP contribution in [0.25, 0.3) is 32.3 Å². The lowest BCUT2D eigenvalue weighted by molar-refractivity contribution is -0.0518. The molecule has 5 rings (SSSR count). The van der Waals surface area contributed by atoms with Gasteiger partial charge in [0.15, 0.2) is 0 Å². The van der Waals surface area contributed by atoms with Gasteiger partial charge in [-0.15, -0.1) is 0 Å². The summed E-state index contributed by atoms with van der Waals surface area (Å²) < 4.78 is 13.3. The van der Waals surface area contributed by atoms with E-state index in [1.807, 2.05) is 0 Å². The van der Waals surface area contributed by atoms with Crippen LogP contribution in [-0.4, -0.2) is 18.7 Å². The van der Waals surface area contributed by atoms with Crippen molar-refractivity contribution in [2.45, 2.75) is 86.0 Å². The highest BCUT2D eigenvalue weighted by molar-refractivity contribution is 6.53. The first kappa shape index (κ1) is 25.3. The third-order valence-electron chi connectivity index (χ3n) is 9.50. The first-order valence-corrected chi connectivity index (χ1v) is 13.4. The molecule has 0 bridgehead atoms. The van der Waals surface area contributed by atoms with Gasteiger partial charge in [0, 0.05) is 0 Å². The van der Waals surface area contributed by atoms with Crippen LogP contribution in [0.2, 0.25) is 0 Å².